The average molecular weight is 250 g/mol. The summed E-state index contributed by atoms with van der Waals surface area (Å²) in [4.78, 5) is 0. The molecule has 0 aliphatic carbocycles. The monoisotopic (exact) mass is 250 g/mol. The predicted octanol–water partition coefficient (Wildman–Crippen LogP) is 5.38. The van der Waals surface area contributed by atoms with E-state index in [1.54, 1.807) is 0 Å². The van der Waals surface area contributed by atoms with Crippen LogP contribution in [0.4, 0.5) is 0 Å². The Morgan fingerprint density at radius 1 is 0.722 bits per heavy atom. The number of unbranched alkanes of at least 4 members (excludes halogenated alkanes) is 4. The Hall–Kier alpha value is -0.300. The standard InChI is InChI=1S/C10H8.C7H15.Na/c1-2-6-10-8-4-3-7-9(10)5-1;1-3-5-7-6-4-2;/h1-8H;1,3-7H2,2H3;. The zero-order chi connectivity index (χ0) is 13.1. The molecule has 2 aromatic rings. The molecule has 0 aliphatic heterocycles. The van der Waals surface area contributed by atoms with Crippen LogP contribution >= 0.6 is 0 Å². The van der Waals surface area contributed by atoms with Gasteiger partial charge in [0.2, 0.25) is 0 Å². The van der Waals surface area contributed by atoms with Crippen molar-refractivity contribution in [3.8, 4) is 0 Å². The van der Waals surface area contributed by atoms with Crippen LogP contribution in [0.5, 0.6) is 0 Å². The molecule has 18 heavy (non-hydrogen) atoms. The molecule has 0 bridgehead atoms. The Balaban J connectivity index is 0.000000187. The van der Waals surface area contributed by atoms with Gasteiger partial charge >= 0.3 is 70.6 Å². The summed E-state index contributed by atoms with van der Waals surface area (Å²) in [6.07, 6.45) is 7.27. The van der Waals surface area contributed by atoms with E-state index in [1.165, 1.54) is 74.5 Å². The fraction of sp³-hybridized carbons (Fsp3) is 0.412. The van der Waals surface area contributed by atoms with Crippen LogP contribution in [0.25, 0.3) is 10.8 Å². The van der Waals surface area contributed by atoms with E-state index in [9.17, 15) is 0 Å². The summed E-state index contributed by atoms with van der Waals surface area (Å²) in [6.45, 7) is 2.26. The Bertz CT molecular complexity index is 351. The third kappa shape index (κ3) is 6.58. The minimum atomic E-state index is 1.31. The Morgan fingerprint density at radius 2 is 1.17 bits per heavy atom. The van der Waals surface area contributed by atoms with Crippen molar-refractivity contribution in [1.29, 1.82) is 0 Å². The molecule has 0 atom stereocenters. The van der Waals surface area contributed by atoms with E-state index in [4.69, 9.17) is 0 Å². The molecule has 0 radical (unpaired) electrons. The molecule has 2 aromatic carbocycles. The van der Waals surface area contributed by atoms with Gasteiger partial charge in [0.25, 0.3) is 0 Å². The van der Waals surface area contributed by atoms with E-state index in [-0.39, 0.29) is 0 Å². The molecule has 0 aliphatic rings. The molecule has 0 saturated carbocycles. The molecule has 0 heterocycles. The number of benzene rings is 2. The first kappa shape index (κ1) is 15.8. The summed E-state index contributed by atoms with van der Waals surface area (Å²) < 4.78 is 1.50. The van der Waals surface area contributed by atoms with Crippen molar-refractivity contribution >= 4 is 38.7 Å². The summed E-state index contributed by atoms with van der Waals surface area (Å²) in [5.41, 5.74) is 0. The predicted molar refractivity (Wildman–Crippen MR) is 83.3 cm³/mol. The van der Waals surface area contributed by atoms with E-state index in [1.807, 2.05) is 0 Å². The van der Waals surface area contributed by atoms with Crippen molar-refractivity contribution in [3.05, 3.63) is 48.5 Å². The van der Waals surface area contributed by atoms with E-state index < -0.39 is 0 Å². The van der Waals surface area contributed by atoms with Crippen LogP contribution in [-0.4, -0.2) is 27.9 Å². The minimum Gasteiger partial charge on any atom is -0.0616 e. The molecule has 1 heteroatoms. The van der Waals surface area contributed by atoms with E-state index in [0.29, 0.717) is 0 Å². The zero-order valence-electron chi connectivity index (χ0n) is 11.9. The first-order chi connectivity index (χ1) is 8.88. The minimum absolute atomic E-state index is 1.31. The second-order valence-corrected chi connectivity index (χ2v) is 5.76. The Morgan fingerprint density at radius 3 is 1.56 bits per heavy atom. The second-order valence-electron chi connectivity index (χ2n) is 4.76. The van der Waals surface area contributed by atoms with Crippen LogP contribution in [-0.2, 0) is 0 Å². The van der Waals surface area contributed by atoms with Crippen LogP contribution in [0, 0.1) is 0 Å². The van der Waals surface area contributed by atoms with Gasteiger partial charge in [0.05, 0.1) is 0 Å². The summed E-state index contributed by atoms with van der Waals surface area (Å²) >= 11 is 1.41. The molecule has 0 aromatic heterocycles. The summed E-state index contributed by atoms with van der Waals surface area (Å²) in [7, 11) is 0. The largest absolute Gasteiger partial charge is 0.0616 e. The maximum Gasteiger partial charge on any atom is -0.0184 e. The van der Waals surface area contributed by atoms with Crippen molar-refractivity contribution < 1.29 is 0 Å². The molecule has 0 saturated heterocycles. The topological polar surface area (TPSA) is 0 Å². The van der Waals surface area contributed by atoms with Crippen LogP contribution in [0.2, 0.25) is 3.67 Å². The first-order valence-corrected chi connectivity index (χ1v) is 8.73. The molecule has 0 nitrogen and oxygen atoms in total. The second kappa shape index (κ2) is 10.6. The van der Waals surface area contributed by atoms with Gasteiger partial charge in [-0.3, -0.25) is 0 Å². The molecule has 92 valence electrons. The molecule has 0 N–H and O–H groups in total. The van der Waals surface area contributed by atoms with Crippen LogP contribution < -0.4 is 0 Å². The Labute approximate surface area is 129 Å². The van der Waals surface area contributed by atoms with Gasteiger partial charge < -0.3 is 0 Å². The molecular weight excluding hydrogens is 227 g/mol. The van der Waals surface area contributed by atoms with Crippen molar-refractivity contribution in [3.63, 3.8) is 0 Å². The third-order valence-corrected chi connectivity index (χ3v) is 3.82. The van der Waals surface area contributed by atoms with Gasteiger partial charge in [0.1, 0.15) is 0 Å². The van der Waals surface area contributed by atoms with Gasteiger partial charge in [-0.15, -0.1) is 0 Å². The fourth-order valence-corrected chi connectivity index (χ4v) is 2.49. The molecular formula is C17H23Na. The normalized spacial score (nSPS) is 9.94. The van der Waals surface area contributed by atoms with Crippen LogP contribution in [0.3, 0.4) is 0 Å². The van der Waals surface area contributed by atoms with E-state index >= 15 is 0 Å². The van der Waals surface area contributed by atoms with Gasteiger partial charge in [-0.05, 0) is 10.8 Å². The van der Waals surface area contributed by atoms with E-state index in [2.05, 4.69) is 55.5 Å². The summed E-state index contributed by atoms with van der Waals surface area (Å²) in [5.74, 6) is 0. The van der Waals surface area contributed by atoms with Gasteiger partial charge in [-0.1, -0.05) is 48.5 Å². The Kier molecular flexibility index (Phi) is 9.28. The SMILES string of the molecule is CCCCCC[CH2][Na].c1ccc2ccccc2c1. The van der Waals surface area contributed by atoms with Gasteiger partial charge in [-0.25, -0.2) is 0 Å². The van der Waals surface area contributed by atoms with Crippen molar-refractivity contribution in [2.24, 2.45) is 0 Å². The van der Waals surface area contributed by atoms with Crippen LogP contribution in [0.1, 0.15) is 39.0 Å². The summed E-state index contributed by atoms with van der Waals surface area (Å²) in [6, 6.07) is 16.7. The smallest absolute Gasteiger partial charge is 0.0184 e. The quantitative estimate of drug-likeness (QED) is 0.493. The zero-order valence-corrected chi connectivity index (χ0v) is 13.9. The van der Waals surface area contributed by atoms with Gasteiger partial charge in [0, 0.05) is 0 Å². The first-order valence-electron chi connectivity index (χ1n) is 7.32. The maximum atomic E-state index is 2.26. The van der Waals surface area contributed by atoms with Gasteiger partial charge in [-0.2, -0.15) is 0 Å². The third-order valence-electron chi connectivity index (χ3n) is 3.12. The molecule has 0 spiro atoms. The number of hydrogen-bond acceptors (Lipinski definition) is 0. The molecule has 2 rings (SSSR count). The van der Waals surface area contributed by atoms with Crippen molar-refractivity contribution in [2.75, 3.05) is 0 Å². The van der Waals surface area contributed by atoms with Crippen LogP contribution in [0.15, 0.2) is 48.5 Å². The molecule has 0 amide bonds. The van der Waals surface area contributed by atoms with Crippen molar-refractivity contribution in [1.82, 2.24) is 0 Å². The number of hydrogen-bond donors (Lipinski definition) is 0. The fourth-order valence-electron chi connectivity index (χ4n) is 1.99. The number of fused-ring (bicyclic) bond motifs is 1. The molecule has 0 unspecified atom stereocenters. The van der Waals surface area contributed by atoms with E-state index in [0.717, 1.165) is 0 Å². The van der Waals surface area contributed by atoms with Crippen molar-refractivity contribution in [2.45, 2.75) is 42.7 Å². The number of rotatable bonds is 5. The summed E-state index contributed by atoms with van der Waals surface area (Å²) in [5, 5.41) is 2.62. The van der Waals surface area contributed by atoms with Gasteiger partial charge in [0.15, 0.2) is 0 Å². The molecule has 0 fully saturated rings. The average Bonchev–Trinajstić information content (AvgIpc) is 2.45. The maximum absolute atomic E-state index is 2.26.